The lowest BCUT2D eigenvalue weighted by molar-refractivity contribution is 0.0606. The summed E-state index contributed by atoms with van der Waals surface area (Å²) < 4.78 is 7.57. The second kappa shape index (κ2) is 8.69. The van der Waals surface area contributed by atoms with E-state index in [0.717, 1.165) is 41.0 Å². The number of benzene rings is 1. The minimum Gasteiger partial charge on any atom is -0.465 e. The summed E-state index contributed by atoms with van der Waals surface area (Å²) in [6, 6.07) is 7.64. The highest BCUT2D eigenvalue weighted by Gasteiger charge is 2.17. The zero-order chi connectivity index (χ0) is 19.4. The molecule has 0 bridgehead atoms. The van der Waals surface area contributed by atoms with E-state index >= 15 is 0 Å². The monoisotopic (exact) mass is 422 g/mol. The molecule has 0 fully saturated rings. The summed E-state index contributed by atoms with van der Waals surface area (Å²) in [6.07, 6.45) is 2.88. The molecule has 2 N–H and O–H groups in total. The topological polar surface area (TPSA) is 68.2 Å². The molecule has 0 radical (unpaired) electrons. The normalized spacial score (nSPS) is 10.8. The van der Waals surface area contributed by atoms with Crippen molar-refractivity contribution in [1.29, 1.82) is 0 Å². The Kier molecular flexibility index (Phi) is 6.30. The average Bonchev–Trinajstić information content (AvgIpc) is 3.21. The average molecular weight is 423 g/mol. The molecule has 0 aliphatic rings. The Morgan fingerprint density at radius 1 is 1.41 bits per heavy atom. The largest absolute Gasteiger partial charge is 0.465 e. The van der Waals surface area contributed by atoms with Crippen LogP contribution < -0.4 is 10.6 Å². The van der Waals surface area contributed by atoms with E-state index in [4.69, 9.17) is 28.6 Å². The highest BCUT2D eigenvalue weighted by molar-refractivity contribution is 7.80. The SMILES string of the molecule is COC(=O)c1sc2cc(NC(=S)NCCCn3ccc(C)n3)ccc2c1Cl. The number of anilines is 1. The van der Waals surface area contributed by atoms with Gasteiger partial charge >= 0.3 is 5.97 Å². The van der Waals surface area contributed by atoms with Crippen molar-refractivity contribution in [2.45, 2.75) is 19.9 Å². The first kappa shape index (κ1) is 19.6. The van der Waals surface area contributed by atoms with Gasteiger partial charge in [0, 0.05) is 35.1 Å². The molecule has 0 saturated heterocycles. The Hall–Kier alpha value is -2.16. The highest BCUT2D eigenvalue weighted by atomic mass is 35.5. The van der Waals surface area contributed by atoms with Gasteiger partial charge in [0.15, 0.2) is 5.11 Å². The molecule has 27 heavy (non-hydrogen) atoms. The first-order valence-electron chi connectivity index (χ1n) is 8.33. The molecule has 1 aromatic carbocycles. The van der Waals surface area contributed by atoms with E-state index in [1.54, 1.807) is 0 Å². The first-order valence-corrected chi connectivity index (χ1v) is 9.93. The van der Waals surface area contributed by atoms with Crippen molar-refractivity contribution in [3.05, 3.63) is 46.1 Å². The Morgan fingerprint density at radius 3 is 2.93 bits per heavy atom. The smallest absolute Gasteiger partial charge is 0.349 e. The maximum absolute atomic E-state index is 11.8. The molecular weight excluding hydrogens is 404 g/mol. The second-order valence-corrected chi connectivity index (χ2v) is 7.74. The number of thiophene rings is 1. The van der Waals surface area contributed by atoms with E-state index < -0.39 is 5.97 Å². The van der Waals surface area contributed by atoms with Crippen LogP contribution in [0, 0.1) is 6.92 Å². The van der Waals surface area contributed by atoms with Gasteiger partial charge in [-0.05, 0) is 49.8 Å². The predicted octanol–water partition coefficient (Wildman–Crippen LogP) is 4.22. The van der Waals surface area contributed by atoms with Crippen molar-refractivity contribution in [2.24, 2.45) is 0 Å². The molecule has 0 saturated carbocycles. The number of rotatable bonds is 6. The van der Waals surface area contributed by atoms with Gasteiger partial charge in [-0.1, -0.05) is 11.6 Å². The van der Waals surface area contributed by atoms with Crippen molar-refractivity contribution in [3.63, 3.8) is 0 Å². The number of aryl methyl sites for hydroxylation is 2. The summed E-state index contributed by atoms with van der Waals surface area (Å²) in [5.74, 6) is -0.430. The number of esters is 1. The van der Waals surface area contributed by atoms with Crippen LogP contribution in [-0.2, 0) is 11.3 Å². The number of thiocarbonyl (C=S) groups is 1. The lowest BCUT2D eigenvalue weighted by atomic mass is 10.2. The molecule has 0 spiro atoms. The molecule has 142 valence electrons. The third kappa shape index (κ3) is 4.77. The van der Waals surface area contributed by atoms with E-state index in [1.807, 2.05) is 42.1 Å². The van der Waals surface area contributed by atoms with Crippen molar-refractivity contribution in [2.75, 3.05) is 19.0 Å². The zero-order valence-corrected chi connectivity index (χ0v) is 17.3. The van der Waals surface area contributed by atoms with Crippen LogP contribution in [0.5, 0.6) is 0 Å². The number of aromatic nitrogens is 2. The van der Waals surface area contributed by atoms with Gasteiger partial charge in [-0.15, -0.1) is 11.3 Å². The zero-order valence-electron chi connectivity index (χ0n) is 14.9. The molecule has 3 aromatic rings. The lowest BCUT2D eigenvalue weighted by Gasteiger charge is -2.10. The molecule has 0 unspecified atom stereocenters. The standard InChI is InChI=1S/C18H19ClN4O2S2/c1-11-6-9-23(22-11)8-3-7-20-18(26)21-12-4-5-13-14(10-12)27-16(15(13)19)17(24)25-2/h4-6,9-10H,3,7-8H2,1-2H3,(H2,20,21,26). The number of methoxy groups -OCH3 is 1. The minimum atomic E-state index is -0.430. The number of carbonyl (C=O) groups excluding carboxylic acids is 1. The molecule has 2 aromatic heterocycles. The number of nitrogens with one attached hydrogen (secondary N) is 2. The molecule has 0 aliphatic heterocycles. The van der Waals surface area contributed by atoms with Crippen LogP contribution in [0.3, 0.4) is 0 Å². The molecule has 0 atom stereocenters. The Balaban J connectivity index is 1.55. The number of fused-ring (bicyclic) bond motifs is 1. The van der Waals surface area contributed by atoms with E-state index in [0.29, 0.717) is 15.0 Å². The van der Waals surface area contributed by atoms with E-state index in [2.05, 4.69) is 15.7 Å². The van der Waals surface area contributed by atoms with Crippen molar-refractivity contribution < 1.29 is 9.53 Å². The number of nitrogens with zero attached hydrogens (tertiary/aromatic N) is 2. The maximum Gasteiger partial charge on any atom is 0.349 e. The van der Waals surface area contributed by atoms with Crippen LogP contribution in [0.4, 0.5) is 5.69 Å². The summed E-state index contributed by atoms with van der Waals surface area (Å²) in [7, 11) is 1.34. The predicted molar refractivity (Wildman–Crippen MR) is 114 cm³/mol. The van der Waals surface area contributed by atoms with Crippen molar-refractivity contribution in [3.8, 4) is 0 Å². The van der Waals surface area contributed by atoms with Crippen molar-refractivity contribution in [1.82, 2.24) is 15.1 Å². The summed E-state index contributed by atoms with van der Waals surface area (Å²) >= 11 is 12.9. The van der Waals surface area contributed by atoms with Gasteiger partial charge in [0.2, 0.25) is 0 Å². The van der Waals surface area contributed by atoms with Crippen LogP contribution in [0.2, 0.25) is 5.02 Å². The van der Waals surface area contributed by atoms with E-state index in [9.17, 15) is 4.79 Å². The number of hydrogen-bond acceptors (Lipinski definition) is 5. The second-order valence-electron chi connectivity index (χ2n) is 5.90. The summed E-state index contributed by atoms with van der Waals surface area (Å²) in [6.45, 7) is 3.54. The molecular formula is C18H19ClN4O2S2. The molecule has 0 aliphatic carbocycles. The van der Waals surface area contributed by atoms with Gasteiger partial charge in [0.25, 0.3) is 0 Å². The lowest BCUT2D eigenvalue weighted by Crippen LogP contribution is -2.29. The van der Waals surface area contributed by atoms with Crippen LogP contribution in [0.1, 0.15) is 21.8 Å². The van der Waals surface area contributed by atoms with Gasteiger partial charge < -0.3 is 15.4 Å². The van der Waals surface area contributed by atoms with Gasteiger partial charge in [0.1, 0.15) is 4.88 Å². The number of ether oxygens (including phenoxy) is 1. The summed E-state index contributed by atoms with van der Waals surface area (Å²) in [5.41, 5.74) is 1.84. The van der Waals surface area contributed by atoms with Crippen LogP contribution in [0.25, 0.3) is 10.1 Å². The van der Waals surface area contributed by atoms with Crippen LogP contribution in [0.15, 0.2) is 30.5 Å². The fourth-order valence-electron chi connectivity index (χ4n) is 2.57. The Bertz CT molecular complexity index is 983. The third-order valence-corrected chi connectivity index (χ3v) is 5.77. The quantitative estimate of drug-likeness (QED) is 0.352. The highest BCUT2D eigenvalue weighted by Crippen LogP contribution is 2.37. The Labute approximate surface area is 171 Å². The molecule has 2 heterocycles. The van der Waals surface area contributed by atoms with Gasteiger partial charge in [0.05, 0.1) is 17.8 Å². The molecule has 3 rings (SSSR count). The first-order chi connectivity index (χ1) is 13.0. The summed E-state index contributed by atoms with van der Waals surface area (Å²) in [4.78, 5) is 12.2. The van der Waals surface area contributed by atoms with Gasteiger partial charge in [-0.25, -0.2) is 4.79 Å². The third-order valence-electron chi connectivity index (χ3n) is 3.88. The maximum atomic E-state index is 11.8. The van der Waals surface area contributed by atoms with Crippen LogP contribution >= 0.6 is 35.2 Å². The van der Waals surface area contributed by atoms with Crippen LogP contribution in [-0.4, -0.2) is 34.5 Å². The fraction of sp³-hybridized carbons (Fsp3) is 0.278. The number of halogens is 1. The molecule has 9 heteroatoms. The number of carbonyl (C=O) groups is 1. The minimum absolute atomic E-state index is 0.404. The summed E-state index contributed by atoms with van der Waals surface area (Å²) in [5, 5.41) is 12.5. The fourth-order valence-corrected chi connectivity index (χ4v) is 4.26. The van der Waals surface area contributed by atoms with Crippen molar-refractivity contribution >= 4 is 62.0 Å². The molecule has 6 nitrogen and oxygen atoms in total. The van der Waals surface area contributed by atoms with Gasteiger partial charge in [-0.2, -0.15) is 5.10 Å². The Morgan fingerprint density at radius 2 is 2.22 bits per heavy atom. The van der Waals surface area contributed by atoms with Gasteiger partial charge in [-0.3, -0.25) is 4.68 Å². The van der Waals surface area contributed by atoms with E-state index in [1.165, 1.54) is 18.4 Å². The van der Waals surface area contributed by atoms with E-state index in [-0.39, 0.29) is 0 Å². The molecule has 0 amide bonds. The number of hydrogen-bond donors (Lipinski definition) is 2.